The lowest BCUT2D eigenvalue weighted by atomic mass is 9.35. The molecule has 4 aliphatic carbocycles. The standard InChI is InChI=1S/C24H34O8/c1-11-14-6-7-15-22-10-30-24(29,23(15,9-14)19(11)31-12(2)25)20(32-13(3)26)18(22)21(4,5)16(27)8-17(22)28/h14-20,27-29H,1,6-10H2,2-5H3. The fourth-order valence-corrected chi connectivity index (χ4v) is 8.63. The zero-order chi connectivity index (χ0) is 23.4. The van der Waals surface area contributed by atoms with Crippen LogP contribution in [0.15, 0.2) is 12.2 Å². The van der Waals surface area contributed by atoms with Gasteiger partial charge in [0.2, 0.25) is 5.79 Å². The molecule has 8 nitrogen and oxygen atoms in total. The molecule has 4 bridgehead atoms. The van der Waals surface area contributed by atoms with E-state index in [1.165, 1.54) is 13.8 Å². The van der Waals surface area contributed by atoms with E-state index in [1.807, 2.05) is 13.8 Å². The van der Waals surface area contributed by atoms with Gasteiger partial charge in [0, 0.05) is 31.6 Å². The second-order valence-corrected chi connectivity index (χ2v) is 11.3. The van der Waals surface area contributed by atoms with Crippen molar-refractivity contribution in [1.29, 1.82) is 0 Å². The number of carbonyl (C=O) groups excluding carboxylic acids is 2. The zero-order valence-corrected chi connectivity index (χ0v) is 19.2. The Hall–Kier alpha value is -1.48. The molecule has 3 N–H and O–H groups in total. The van der Waals surface area contributed by atoms with Crippen molar-refractivity contribution >= 4 is 11.9 Å². The first-order valence-electron chi connectivity index (χ1n) is 11.6. The molecule has 8 heteroatoms. The highest BCUT2D eigenvalue weighted by atomic mass is 16.7. The molecule has 6 fully saturated rings. The summed E-state index contributed by atoms with van der Waals surface area (Å²) in [6.45, 7) is 10.7. The second kappa shape index (κ2) is 6.56. The monoisotopic (exact) mass is 450 g/mol. The molecule has 0 aromatic rings. The van der Waals surface area contributed by atoms with Gasteiger partial charge in [-0.3, -0.25) is 9.59 Å². The first-order chi connectivity index (χ1) is 14.8. The maximum absolute atomic E-state index is 12.3. The number of rotatable bonds is 2. The van der Waals surface area contributed by atoms with Gasteiger partial charge in [0.05, 0.1) is 24.2 Å². The molecule has 10 unspecified atom stereocenters. The van der Waals surface area contributed by atoms with Gasteiger partial charge < -0.3 is 29.5 Å². The molecule has 0 aromatic carbocycles. The summed E-state index contributed by atoms with van der Waals surface area (Å²) in [7, 11) is 0. The van der Waals surface area contributed by atoms with Crippen LogP contribution in [0.5, 0.6) is 0 Å². The molecule has 10 atom stereocenters. The number of hydrogen-bond donors (Lipinski definition) is 3. The van der Waals surface area contributed by atoms with Crippen molar-refractivity contribution in [3.63, 3.8) is 0 Å². The van der Waals surface area contributed by atoms with Crippen molar-refractivity contribution in [2.75, 3.05) is 6.61 Å². The average Bonchev–Trinajstić information content (AvgIpc) is 2.89. The minimum atomic E-state index is -1.94. The van der Waals surface area contributed by atoms with Gasteiger partial charge in [-0.05, 0) is 42.1 Å². The van der Waals surface area contributed by atoms with Crippen molar-refractivity contribution in [2.24, 2.45) is 34.0 Å². The molecule has 2 aliphatic heterocycles. The lowest BCUT2D eigenvalue weighted by molar-refractivity contribution is -0.469. The van der Waals surface area contributed by atoms with Crippen molar-refractivity contribution in [3.8, 4) is 0 Å². The van der Waals surface area contributed by atoms with E-state index in [0.717, 1.165) is 12.0 Å². The van der Waals surface area contributed by atoms with E-state index in [2.05, 4.69) is 6.58 Å². The third-order valence-corrected chi connectivity index (χ3v) is 9.77. The molecule has 6 aliphatic rings. The number of esters is 2. The van der Waals surface area contributed by atoms with E-state index in [9.17, 15) is 24.9 Å². The highest BCUT2D eigenvalue weighted by molar-refractivity contribution is 5.67. The third kappa shape index (κ3) is 2.32. The van der Waals surface area contributed by atoms with Crippen molar-refractivity contribution in [1.82, 2.24) is 0 Å². The van der Waals surface area contributed by atoms with E-state index in [1.54, 1.807) is 0 Å². The highest BCUT2D eigenvalue weighted by Crippen LogP contribution is 2.78. The fourth-order valence-electron chi connectivity index (χ4n) is 8.63. The number of carbonyl (C=O) groups is 2. The Bertz CT molecular complexity index is 883. The van der Waals surface area contributed by atoms with Gasteiger partial charge in [-0.15, -0.1) is 0 Å². The molecule has 2 saturated heterocycles. The Kier molecular flexibility index (Phi) is 4.57. The molecular formula is C24H34O8. The Labute approximate surface area is 187 Å². The van der Waals surface area contributed by atoms with E-state index in [-0.39, 0.29) is 24.9 Å². The summed E-state index contributed by atoms with van der Waals surface area (Å²) in [6, 6.07) is 0. The lowest BCUT2D eigenvalue weighted by Gasteiger charge is -2.75. The first kappa shape index (κ1) is 22.3. The summed E-state index contributed by atoms with van der Waals surface area (Å²) in [6.07, 6.45) is -1.57. The van der Waals surface area contributed by atoms with Crippen LogP contribution in [0.25, 0.3) is 0 Å². The first-order valence-corrected chi connectivity index (χ1v) is 11.6. The second-order valence-electron chi connectivity index (χ2n) is 11.3. The third-order valence-electron chi connectivity index (χ3n) is 9.77. The molecule has 178 valence electrons. The smallest absolute Gasteiger partial charge is 0.303 e. The largest absolute Gasteiger partial charge is 0.457 e. The quantitative estimate of drug-likeness (QED) is 0.425. The van der Waals surface area contributed by atoms with Crippen molar-refractivity contribution < 1.29 is 39.1 Å². The Morgan fingerprint density at radius 2 is 1.75 bits per heavy atom. The number of hydrogen-bond acceptors (Lipinski definition) is 8. The van der Waals surface area contributed by atoms with Crippen LogP contribution in [0.1, 0.15) is 53.4 Å². The number of ether oxygens (including phenoxy) is 3. The molecule has 2 heterocycles. The lowest BCUT2D eigenvalue weighted by Crippen LogP contribution is -2.85. The average molecular weight is 451 g/mol. The van der Waals surface area contributed by atoms with Gasteiger partial charge >= 0.3 is 11.9 Å². The van der Waals surface area contributed by atoms with Gasteiger partial charge in [0.25, 0.3) is 0 Å². The topological polar surface area (TPSA) is 123 Å². The van der Waals surface area contributed by atoms with Crippen LogP contribution in [-0.4, -0.2) is 64.1 Å². The minimum Gasteiger partial charge on any atom is -0.457 e. The maximum Gasteiger partial charge on any atom is 0.303 e. The summed E-state index contributed by atoms with van der Waals surface area (Å²) in [5.74, 6) is -3.78. The summed E-state index contributed by atoms with van der Waals surface area (Å²) >= 11 is 0. The zero-order valence-electron chi connectivity index (χ0n) is 19.2. The van der Waals surface area contributed by atoms with Gasteiger partial charge in [-0.1, -0.05) is 20.4 Å². The van der Waals surface area contributed by atoms with Gasteiger partial charge in [-0.2, -0.15) is 0 Å². The molecule has 2 spiro atoms. The summed E-state index contributed by atoms with van der Waals surface area (Å²) < 4.78 is 17.8. The van der Waals surface area contributed by atoms with Gasteiger partial charge in [0.1, 0.15) is 6.10 Å². The fraction of sp³-hybridized carbons (Fsp3) is 0.833. The Morgan fingerprint density at radius 3 is 2.38 bits per heavy atom. The molecule has 32 heavy (non-hydrogen) atoms. The number of aliphatic hydroxyl groups is 3. The SMILES string of the molecule is C=C1C2CCC3C45COC(O)(C(OC(C)=O)C4C(C)(C)C(O)CC5O)C3(C2)C1OC(C)=O. The van der Waals surface area contributed by atoms with Crippen LogP contribution < -0.4 is 0 Å². The van der Waals surface area contributed by atoms with Crippen LogP contribution in [0.3, 0.4) is 0 Å². The van der Waals surface area contributed by atoms with Crippen LogP contribution in [-0.2, 0) is 23.8 Å². The molecule has 6 rings (SSSR count). The van der Waals surface area contributed by atoms with E-state index < -0.39 is 64.3 Å². The Balaban J connectivity index is 1.78. The molecule has 0 aromatic heterocycles. The highest BCUT2D eigenvalue weighted by Gasteiger charge is 2.86. The van der Waals surface area contributed by atoms with Crippen LogP contribution >= 0.6 is 0 Å². The normalized spacial score (nSPS) is 52.7. The summed E-state index contributed by atoms with van der Waals surface area (Å²) in [5, 5.41) is 34.8. The van der Waals surface area contributed by atoms with Crippen molar-refractivity contribution in [3.05, 3.63) is 12.2 Å². The summed E-state index contributed by atoms with van der Waals surface area (Å²) in [5.41, 5.74) is -1.98. The van der Waals surface area contributed by atoms with Gasteiger partial charge in [0.15, 0.2) is 6.10 Å². The number of fused-ring (bicyclic) bond motifs is 2. The van der Waals surface area contributed by atoms with Gasteiger partial charge in [-0.25, -0.2) is 0 Å². The molecule has 0 radical (unpaired) electrons. The van der Waals surface area contributed by atoms with Crippen LogP contribution in [0.4, 0.5) is 0 Å². The maximum atomic E-state index is 12.3. The van der Waals surface area contributed by atoms with E-state index in [4.69, 9.17) is 14.2 Å². The van der Waals surface area contributed by atoms with Crippen molar-refractivity contribution in [2.45, 2.75) is 83.6 Å². The predicted octanol–water partition coefficient (Wildman–Crippen LogP) is 1.31. The molecule has 4 saturated carbocycles. The Morgan fingerprint density at radius 1 is 1.09 bits per heavy atom. The molecular weight excluding hydrogens is 416 g/mol. The van der Waals surface area contributed by atoms with Crippen LogP contribution in [0.2, 0.25) is 0 Å². The predicted molar refractivity (Wildman–Crippen MR) is 111 cm³/mol. The van der Waals surface area contributed by atoms with E-state index >= 15 is 0 Å². The molecule has 0 amide bonds. The van der Waals surface area contributed by atoms with E-state index in [0.29, 0.717) is 12.8 Å². The minimum absolute atomic E-state index is 0.0368. The summed E-state index contributed by atoms with van der Waals surface area (Å²) in [4.78, 5) is 24.4. The number of aliphatic hydroxyl groups excluding tert-OH is 2. The van der Waals surface area contributed by atoms with Crippen LogP contribution in [0, 0.1) is 34.0 Å².